The van der Waals surface area contributed by atoms with Gasteiger partial charge in [0.2, 0.25) is 12.3 Å². The van der Waals surface area contributed by atoms with Crippen molar-refractivity contribution in [1.82, 2.24) is 15.5 Å². The Kier molecular flexibility index (Phi) is 11.1. The summed E-state index contributed by atoms with van der Waals surface area (Å²) in [7, 11) is 3.38. The largest absolute Gasteiger partial charge is 0.548 e. The molecule has 0 bridgehead atoms. The fraction of sp³-hybridized carbons (Fsp3) is 0.444. The third-order valence-electron chi connectivity index (χ3n) is 3.29. The first-order chi connectivity index (χ1) is 12.6. The lowest BCUT2D eigenvalue weighted by atomic mass is 10.0. The summed E-state index contributed by atoms with van der Waals surface area (Å²) in [5, 5.41) is 15.6. The summed E-state index contributed by atoms with van der Waals surface area (Å²) in [4.78, 5) is 45.6. The van der Waals surface area contributed by atoms with Crippen molar-refractivity contribution in [2.45, 2.75) is 38.4 Å². The molecule has 0 radical (unpaired) electrons. The molecule has 0 saturated carbocycles. The van der Waals surface area contributed by atoms with Crippen LogP contribution in [0.1, 0.15) is 19.4 Å². The Morgan fingerprint density at radius 1 is 1.11 bits per heavy atom. The minimum Gasteiger partial charge on any atom is -0.548 e. The van der Waals surface area contributed by atoms with Crippen LogP contribution < -0.4 is 21.5 Å². The lowest BCUT2D eigenvalue weighted by Gasteiger charge is -2.22. The summed E-state index contributed by atoms with van der Waals surface area (Å²) in [5.41, 5.74) is 4.45. The molecule has 9 heteroatoms. The third-order valence-corrected chi connectivity index (χ3v) is 3.29. The van der Waals surface area contributed by atoms with Gasteiger partial charge in [0.25, 0.3) is 5.91 Å². The number of benzene rings is 1. The van der Waals surface area contributed by atoms with Gasteiger partial charge in [-0.3, -0.25) is 14.4 Å². The van der Waals surface area contributed by atoms with Crippen molar-refractivity contribution in [2.24, 2.45) is 0 Å². The number of carbonyl (C=O) groups is 4. The van der Waals surface area contributed by atoms with Gasteiger partial charge in [-0.15, -0.1) is 0 Å². The molecule has 5 N–H and O–H groups in total. The van der Waals surface area contributed by atoms with E-state index in [1.165, 1.54) is 11.8 Å². The number of nitrogens with one attached hydrogen (secondary N) is 2. The molecule has 9 nitrogen and oxygen atoms in total. The van der Waals surface area contributed by atoms with Gasteiger partial charge < -0.3 is 31.2 Å². The van der Waals surface area contributed by atoms with E-state index >= 15 is 0 Å². The number of amides is 3. The number of rotatable bonds is 8. The first kappa shape index (κ1) is 24.1. The highest BCUT2D eigenvalue weighted by atomic mass is 16.4. The molecule has 0 heterocycles. The van der Waals surface area contributed by atoms with E-state index in [1.807, 2.05) is 30.3 Å². The van der Waals surface area contributed by atoms with Gasteiger partial charge in [0, 0.05) is 20.5 Å². The van der Waals surface area contributed by atoms with E-state index < -0.39 is 30.0 Å². The predicted octanol–water partition coefficient (Wildman–Crippen LogP) is -2.70. The first-order valence-corrected chi connectivity index (χ1v) is 8.38. The quantitative estimate of drug-likeness (QED) is 0.420. The molecule has 0 saturated heterocycles. The number of nitrogens with zero attached hydrogens (tertiary/aromatic N) is 1. The van der Waals surface area contributed by atoms with E-state index in [2.05, 4.69) is 16.4 Å². The number of aliphatic carboxylic acids is 1. The SMILES string of the molecule is CN(C)C=O.C[C@H]([NH3+])C(=O)N[C@@H](Cc1ccccc1)C(=O)N[C@@H](C)C(=O)[O-]. The Morgan fingerprint density at radius 2 is 1.63 bits per heavy atom. The van der Waals surface area contributed by atoms with Crippen molar-refractivity contribution in [1.29, 1.82) is 0 Å². The smallest absolute Gasteiger partial charge is 0.278 e. The van der Waals surface area contributed by atoms with E-state index in [0.717, 1.165) is 12.0 Å². The summed E-state index contributed by atoms with van der Waals surface area (Å²) >= 11 is 0. The maximum absolute atomic E-state index is 12.2. The van der Waals surface area contributed by atoms with Crippen LogP contribution in [0.4, 0.5) is 0 Å². The minimum absolute atomic E-state index is 0.255. The normalized spacial score (nSPS) is 13.1. The molecule has 27 heavy (non-hydrogen) atoms. The molecule has 0 unspecified atom stereocenters. The predicted molar refractivity (Wildman–Crippen MR) is 96.8 cm³/mol. The van der Waals surface area contributed by atoms with Gasteiger partial charge in [-0.2, -0.15) is 0 Å². The fourth-order valence-electron chi connectivity index (χ4n) is 1.75. The van der Waals surface area contributed by atoms with Crippen LogP contribution in [0.3, 0.4) is 0 Å². The van der Waals surface area contributed by atoms with Crippen molar-refractivity contribution < 1.29 is 30.0 Å². The molecule has 1 aromatic carbocycles. The van der Waals surface area contributed by atoms with Crippen molar-refractivity contribution >= 4 is 24.2 Å². The summed E-state index contributed by atoms with van der Waals surface area (Å²) in [6.07, 6.45) is 1.00. The second-order valence-corrected chi connectivity index (χ2v) is 6.27. The second-order valence-electron chi connectivity index (χ2n) is 6.27. The van der Waals surface area contributed by atoms with Gasteiger partial charge in [-0.05, 0) is 19.4 Å². The molecule has 0 aliphatic carbocycles. The van der Waals surface area contributed by atoms with Gasteiger partial charge >= 0.3 is 0 Å². The van der Waals surface area contributed by atoms with Gasteiger partial charge in [-0.1, -0.05) is 30.3 Å². The van der Waals surface area contributed by atoms with Crippen LogP contribution in [0.5, 0.6) is 0 Å². The summed E-state index contributed by atoms with van der Waals surface area (Å²) < 4.78 is 0. The Hall–Kier alpha value is -2.94. The van der Waals surface area contributed by atoms with Crippen LogP contribution in [-0.4, -0.2) is 61.3 Å². The van der Waals surface area contributed by atoms with Crippen molar-refractivity contribution in [3.63, 3.8) is 0 Å². The fourth-order valence-corrected chi connectivity index (χ4v) is 1.75. The van der Waals surface area contributed by atoms with E-state index in [4.69, 9.17) is 0 Å². The van der Waals surface area contributed by atoms with Crippen LogP contribution >= 0.6 is 0 Å². The average molecular weight is 380 g/mol. The van der Waals surface area contributed by atoms with Crippen LogP contribution in [0, 0.1) is 0 Å². The monoisotopic (exact) mass is 380 g/mol. The Morgan fingerprint density at radius 3 is 2.04 bits per heavy atom. The first-order valence-electron chi connectivity index (χ1n) is 8.38. The molecule has 0 spiro atoms. The van der Waals surface area contributed by atoms with Gasteiger partial charge in [-0.25, -0.2) is 0 Å². The maximum atomic E-state index is 12.2. The molecule has 1 rings (SSSR count). The molecular weight excluding hydrogens is 352 g/mol. The number of quaternary nitrogens is 1. The lowest BCUT2D eigenvalue weighted by molar-refractivity contribution is -0.398. The number of carboxylic acid groups (broad SMARTS) is 1. The van der Waals surface area contributed by atoms with Crippen molar-refractivity contribution in [3.05, 3.63) is 35.9 Å². The van der Waals surface area contributed by atoms with Crippen LogP contribution in [0.25, 0.3) is 0 Å². The third kappa shape index (κ3) is 10.6. The Bertz CT molecular complexity index is 619. The zero-order valence-electron chi connectivity index (χ0n) is 16.1. The van der Waals surface area contributed by atoms with Crippen molar-refractivity contribution in [3.8, 4) is 0 Å². The zero-order valence-corrected chi connectivity index (χ0v) is 16.1. The van der Waals surface area contributed by atoms with Crippen LogP contribution in [-0.2, 0) is 25.6 Å². The molecule has 0 aromatic heterocycles. The summed E-state index contributed by atoms with van der Waals surface area (Å²) in [5.74, 6) is -2.34. The molecule has 150 valence electrons. The molecule has 1 aromatic rings. The maximum Gasteiger partial charge on any atom is 0.278 e. The van der Waals surface area contributed by atoms with E-state index in [-0.39, 0.29) is 12.3 Å². The molecule has 0 aliphatic heterocycles. The summed E-state index contributed by atoms with van der Waals surface area (Å²) in [6.45, 7) is 2.91. The van der Waals surface area contributed by atoms with E-state index in [1.54, 1.807) is 21.0 Å². The Labute approximate surface area is 158 Å². The van der Waals surface area contributed by atoms with Gasteiger partial charge in [0.1, 0.15) is 6.04 Å². The summed E-state index contributed by atoms with van der Waals surface area (Å²) in [6, 6.07) is 6.59. The van der Waals surface area contributed by atoms with Crippen LogP contribution in [0.15, 0.2) is 30.3 Å². The van der Waals surface area contributed by atoms with Crippen molar-refractivity contribution in [2.75, 3.05) is 14.1 Å². The van der Waals surface area contributed by atoms with Gasteiger partial charge in [0.05, 0.1) is 12.0 Å². The minimum atomic E-state index is -1.39. The number of hydrogen-bond acceptors (Lipinski definition) is 5. The average Bonchev–Trinajstić information content (AvgIpc) is 2.62. The molecule has 0 fully saturated rings. The highest BCUT2D eigenvalue weighted by molar-refractivity contribution is 5.91. The Balaban J connectivity index is 0.00000119. The van der Waals surface area contributed by atoms with Gasteiger partial charge in [0.15, 0.2) is 6.04 Å². The molecule has 0 aliphatic rings. The topological polar surface area (TPSA) is 146 Å². The molecule has 3 atom stereocenters. The highest BCUT2D eigenvalue weighted by Gasteiger charge is 2.24. The standard InChI is InChI=1S/C15H21N3O4.C3H7NO/c1-9(16)13(19)18-12(8-11-6-4-3-5-7-11)14(20)17-10(2)15(21)22;1-4(2)3-5/h3-7,9-10,12H,8,16H2,1-2H3,(H,17,20)(H,18,19)(H,21,22);3H,1-2H3/t9-,10-,12-;/m0./s1. The van der Waals surface area contributed by atoms with E-state index in [9.17, 15) is 24.3 Å². The lowest BCUT2D eigenvalue weighted by Crippen LogP contribution is -2.67. The highest BCUT2D eigenvalue weighted by Crippen LogP contribution is 2.04. The van der Waals surface area contributed by atoms with E-state index in [0.29, 0.717) is 0 Å². The molecule has 3 amide bonds. The number of hydrogen-bond donors (Lipinski definition) is 3. The zero-order chi connectivity index (χ0) is 21.0. The number of carboxylic acids is 1. The second kappa shape index (κ2) is 12.4. The van der Waals surface area contributed by atoms with Crippen LogP contribution in [0.2, 0.25) is 0 Å². The molecular formula is C18H28N4O5. The number of carbonyl (C=O) groups excluding carboxylic acids is 4.